The summed E-state index contributed by atoms with van der Waals surface area (Å²) in [5.41, 5.74) is 0.479. The van der Waals surface area contributed by atoms with E-state index in [1.807, 2.05) is 26.9 Å². The summed E-state index contributed by atoms with van der Waals surface area (Å²) in [6.45, 7) is 20.4. The molecule has 1 aliphatic carbocycles. The van der Waals surface area contributed by atoms with E-state index in [1.165, 1.54) is 4.90 Å². The lowest BCUT2D eigenvalue weighted by Crippen LogP contribution is -2.64. The number of methoxy groups -OCH3 is 3. The molecular formula is C48H82INO11Si. The molecule has 1 amide bonds. The molecule has 14 heteroatoms. The van der Waals surface area contributed by atoms with Crippen LogP contribution in [0.15, 0.2) is 11.6 Å². The number of fused-ring (bicyclic) bond motifs is 3. The molecule has 1 saturated carbocycles. The molecule has 13 atom stereocenters. The first-order chi connectivity index (χ1) is 28.9. The maximum absolute atomic E-state index is 14.9. The molecule has 0 spiro atoms. The molecule has 0 radical (unpaired) electrons. The molecule has 2 bridgehead atoms. The number of Topliss-reactive ketones (excluding diaryl/α,β-unsaturated/α-hetero) is 2. The predicted octanol–water partition coefficient (Wildman–Crippen LogP) is 8.37. The van der Waals surface area contributed by atoms with E-state index in [-0.39, 0.29) is 58.9 Å². The zero-order valence-electron chi connectivity index (χ0n) is 40.3. The quantitative estimate of drug-likeness (QED) is 0.0571. The van der Waals surface area contributed by atoms with Crippen LogP contribution in [-0.2, 0) is 42.9 Å². The lowest BCUT2D eigenvalue weighted by Gasteiger charge is -2.49. The zero-order valence-corrected chi connectivity index (χ0v) is 43.5. The minimum absolute atomic E-state index is 0.0319. The number of piperidine rings is 1. The van der Waals surface area contributed by atoms with E-state index in [9.17, 15) is 29.1 Å². The number of ketones is 2. The number of cyclic esters (lactones) is 1. The maximum Gasteiger partial charge on any atom is 0.329 e. The van der Waals surface area contributed by atoms with Crippen LogP contribution < -0.4 is 0 Å². The van der Waals surface area contributed by atoms with Gasteiger partial charge in [0, 0.05) is 55.5 Å². The van der Waals surface area contributed by atoms with Crippen molar-refractivity contribution in [3.05, 3.63) is 11.6 Å². The van der Waals surface area contributed by atoms with Gasteiger partial charge in [-0.25, -0.2) is 4.79 Å². The smallest absolute Gasteiger partial charge is 0.329 e. The highest BCUT2D eigenvalue weighted by Gasteiger charge is 2.57. The van der Waals surface area contributed by atoms with Crippen LogP contribution in [0, 0.1) is 35.0 Å². The second kappa shape index (κ2) is 22.0. The number of halogens is 1. The molecule has 4 rings (SSSR count). The van der Waals surface area contributed by atoms with Gasteiger partial charge in [0.05, 0.1) is 18.3 Å². The Hall–Kier alpha value is -1.27. The molecule has 3 heterocycles. The van der Waals surface area contributed by atoms with Crippen LogP contribution in [-0.4, -0.2) is 121 Å². The van der Waals surface area contributed by atoms with E-state index >= 15 is 0 Å². The molecule has 4 aliphatic rings. The van der Waals surface area contributed by atoms with Crippen molar-refractivity contribution in [3.8, 4) is 0 Å². The van der Waals surface area contributed by atoms with Crippen LogP contribution in [0.1, 0.15) is 139 Å². The molecule has 0 aromatic rings. The number of hydrogen-bond acceptors (Lipinski definition) is 11. The fraction of sp³-hybridized carbons (Fsp3) is 0.875. The van der Waals surface area contributed by atoms with Gasteiger partial charge in [-0.1, -0.05) is 89.1 Å². The van der Waals surface area contributed by atoms with Crippen molar-refractivity contribution in [2.24, 2.45) is 35.0 Å². The van der Waals surface area contributed by atoms with Crippen molar-refractivity contribution >= 4 is 54.4 Å². The summed E-state index contributed by atoms with van der Waals surface area (Å²) in [5, 5.41) is 11.7. The van der Waals surface area contributed by atoms with Gasteiger partial charge in [0.1, 0.15) is 24.0 Å². The molecule has 0 aromatic heterocycles. The highest BCUT2D eigenvalue weighted by Crippen LogP contribution is 2.50. The Morgan fingerprint density at radius 2 is 1.56 bits per heavy atom. The molecule has 2 saturated heterocycles. The molecule has 356 valence electrons. The largest absolute Gasteiger partial charge is 0.460 e. The van der Waals surface area contributed by atoms with Gasteiger partial charge >= 0.3 is 5.97 Å². The summed E-state index contributed by atoms with van der Waals surface area (Å²) in [6.07, 6.45) is 7.47. The van der Waals surface area contributed by atoms with Gasteiger partial charge in [-0.05, 0) is 113 Å². The highest BCUT2D eigenvalue weighted by molar-refractivity contribution is 14.1. The van der Waals surface area contributed by atoms with E-state index in [4.69, 9.17) is 23.7 Å². The first-order valence-electron chi connectivity index (χ1n) is 23.5. The Kier molecular flexibility index (Phi) is 18.9. The third kappa shape index (κ3) is 12.2. The van der Waals surface area contributed by atoms with Crippen LogP contribution >= 0.6 is 22.6 Å². The van der Waals surface area contributed by atoms with Crippen molar-refractivity contribution in [3.63, 3.8) is 0 Å². The number of esters is 1. The van der Waals surface area contributed by atoms with Crippen LogP contribution in [0.2, 0.25) is 18.1 Å². The number of nitrogens with zero attached hydrogens (tertiary/aromatic N) is 1. The van der Waals surface area contributed by atoms with E-state index < -0.39 is 78.6 Å². The van der Waals surface area contributed by atoms with Gasteiger partial charge in [-0.15, -0.1) is 0 Å². The van der Waals surface area contributed by atoms with Crippen molar-refractivity contribution in [1.29, 1.82) is 0 Å². The number of ether oxygens (including phenoxy) is 5. The van der Waals surface area contributed by atoms with E-state index in [1.54, 1.807) is 28.3 Å². The van der Waals surface area contributed by atoms with Crippen LogP contribution in [0.3, 0.4) is 0 Å². The van der Waals surface area contributed by atoms with E-state index in [2.05, 4.69) is 63.3 Å². The summed E-state index contributed by atoms with van der Waals surface area (Å²) >= 11 is 2.39. The average Bonchev–Trinajstić information content (AvgIpc) is 3.22. The van der Waals surface area contributed by atoms with E-state index in [0.29, 0.717) is 44.9 Å². The number of amides is 1. The summed E-state index contributed by atoms with van der Waals surface area (Å²) in [5.74, 6) is -6.63. The summed E-state index contributed by atoms with van der Waals surface area (Å²) in [6, 6.07) is -1.06. The molecule has 3 aliphatic heterocycles. The molecule has 12 nitrogen and oxygen atoms in total. The second-order valence-electron chi connectivity index (χ2n) is 21.2. The van der Waals surface area contributed by atoms with Gasteiger partial charge in [-0.3, -0.25) is 14.4 Å². The topological polar surface area (TPSA) is 158 Å². The SMILES string of the molecule is CC[C@@H]1/C=C(\C)C[C@H](I)C[C@H](OC)[C@H]2O[C@@](O)(C(=O)C(=O)N3CCCC[C@H]3C(=O)O[C@H](C(C)(C)C3CCC[C@H](OC)C3)[C@@H](C)[C@@H](CC(C)(C)[Si](C)(C)O)CC1=O)[C@H](C)C[C@@H]2OC. The molecule has 3 fully saturated rings. The Morgan fingerprint density at radius 1 is 0.919 bits per heavy atom. The number of alkyl halides is 1. The Balaban J connectivity index is 1.90. The van der Waals surface area contributed by atoms with Gasteiger partial charge in [0.25, 0.3) is 11.7 Å². The van der Waals surface area contributed by atoms with Gasteiger partial charge in [0.2, 0.25) is 5.79 Å². The van der Waals surface area contributed by atoms with Gasteiger partial charge in [0.15, 0.2) is 8.32 Å². The first-order valence-corrected chi connectivity index (χ1v) is 27.7. The Bertz CT molecular complexity index is 1580. The Labute approximate surface area is 388 Å². The standard InChI is InChI=1S/C48H82INO11Si/c1-14-32-22-29(2)23-35(49)27-40(59-11)41-39(58-10)24-30(3)48(55,61-41)42(52)44(53)50-21-16-15-20-37(50)45(54)60-43(47(7,8)34-18-17-19-36(26-34)57-9)31(4)33(25-38(32)51)28-46(5,6)62(12,13)56/h22,30-37,39-41,43,55-56H,14-21,23-28H2,1-13H3/b29-22+/t30-,31+,32-,33-,34?,35+,36+,37+,39+,40+,41+,43+,48-/m1/s1. The third-order valence-corrected chi connectivity index (χ3v) is 20.4. The molecule has 62 heavy (non-hydrogen) atoms. The summed E-state index contributed by atoms with van der Waals surface area (Å²) in [7, 11) is 2.10. The maximum atomic E-state index is 14.9. The molecular weight excluding hydrogens is 922 g/mol. The summed E-state index contributed by atoms with van der Waals surface area (Å²) in [4.78, 5) is 71.6. The molecule has 0 aromatic carbocycles. The van der Waals surface area contributed by atoms with Crippen LogP contribution in [0.25, 0.3) is 0 Å². The number of aliphatic hydroxyl groups is 1. The van der Waals surface area contributed by atoms with Crippen molar-refractivity contribution in [2.75, 3.05) is 27.9 Å². The fourth-order valence-electron chi connectivity index (χ4n) is 10.9. The Morgan fingerprint density at radius 3 is 2.16 bits per heavy atom. The lowest BCUT2D eigenvalue weighted by molar-refractivity contribution is -0.302. The van der Waals surface area contributed by atoms with Gasteiger partial charge < -0.3 is 38.5 Å². The summed E-state index contributed by atoms with van der Waals surface area (Å²) < 4.78 is 31.0. The normalized spacial score (nSPS) is 38.1. The van der Waals surface area contributed by atoms with Crippen molar-refractivity contribution < 1.29 is 52.8 Å². The van der Waals surface area contributed by atoms with Crippen molar-refractivity contribution in [2.45, 2.75) is 203 Å². The first kappa shape index (κ1) is 53.3. The lowest BCUT2D eigenvalue weighted by atomic mass is 9.62. The minimum atomic E-state index is -2.76. The van der Waals surface area contributed by atoms with Gasteiger partial charge in [-0.2, -0.15) is 0 Å². The third-order valence-electron chi connectivity index (χ3n) is 15.9. The average molecular weight is 1000 g/mol. The number of allylic oxidation sites excluding steroid dienone is 2. The highest BCUT2D eigenvalue weighted by atomic mass is 127. The molecule has 1 unspecified atom stereocenters. The van der Waals surface area contributed by atoms with Crippen LogP contribution in [0.4, 0.5) is 0 Å². The number of carbonyl (C=O) groups is 4. The number of carbonyl (C=O) groups excluding carboxylic acids is 4. The molecule has 2 N–H and O–H groups in total. The monoisotopic (exact) mass is 1000 g/mol. The predicted molar refractivity (Wildman–Crippen MR) is 251 cm³/mol. The second-order valence-corrected chi connectivity index (χ2v) is 27.4. The number of rotatable bonds is 9. The zero-order chi connectivity index (χ0) is 46.5. The van der Waals surface area contributed by atoms with Crippen LogP contribution in [0.5, 0.6) is 0 Å². The van der Waals surface area contributed by atoms with Crippen molar-refractivity contribution in [1.82, 2.24) is 4.90 Å². The number of hydrogen-bond donors (Lipinski definition) is 2. The fourth-order valence-corrected chi connectivity index (χ4v) is 12.8. The minimum Gasteiger partial charge on any atom is -0.460 e. The van der Waals surface area contributed by atoms with E-state index in [0.717, 1.165) is 31.3 Å².